The summed E-state index contributed by atoms with van der Waals surface area (Å²) < 4.78 is 13.7. The van der Waals surface area contributed by atoms with E-state index in [9.17, 15) is 4.79 Å². The number of hydrogen-bond donors (Lipinski definition) is 1. The van der Waals surface area contributed by atoms with Crippen molar-refractivity contribution in [2.45, 2.75) is 13.3 Å². The number of hydrogen-bond acceptors (Lipinski definition) is 7. The van der Waals surface area contributed by atoms with Crippen molar-refractivity contribution in [1.29, 1.82) is 0 Å². The second kappa shape index (κ2) is 9.77. The van der Waals surface area contributed by atoms with E-state index in [1.54, 1.807) is 18.1 Å². The summed E-state index contributed by atoms with van der Waals surface area (Å²) in [7, 11) is 3.54. The normalized spacial score (nSPS) is 13.4. The molecular formula is C28H28N6O3. The molecule has 1 aliphatic heterocycles. The van der Waals surface area contributed by atoms with Gasteiger partial charge in [0.1, 0.15) is 17.8 Å². The van der Waals surface area contributed by atoms with Gasteiger partial charge in [-0.2, -0.15) is 0 Å². The van der Waals surface area contributed by atoms with Gasteiger partial charge >= 0.3 is 0 Å². The van der Waals surface area contributed by atoms with Gasteiger partial charge in [-0.3, -0.25) is 4.79 Å². The summed E-state index contributed by atoms with van der Waals surface area (Å²) in [6, 6.07) is 11.3. The van der Waals surface area contributed by atoms with Gasteiger partial charge in [-0.15, -0.1) is 0 Å². The lowest BCUT2D eigenvalue weighted by Crippen LogP contribution is -2.34. The van der Waals surface area contributed by atoms with Gasteiger partial charge in [0.15, 0.2) is 11.5 Å². The lowest BCUT2D eigenvalue weighted by Gasteiger charge is -2.27. The molecule has 0 unspecified atom stereocenters. The Balaban J connectivity index is 1.66. The molecule has 1 amide bonds. The second-order valence-corrected chi connectivity index (χ2v) is 8.81. The van der Waals surface area contributed by atoms with Gasteiger partial charge in [-0.05, 0) is 48.8 Å². The van der Waals surface area contributed by atoms with Gasteiger partial charge in [-0.25, -0.2) is 15.0 Å². The molecule has 0 saturated carbocycles. The molecule has 3 aromatic heterocycles. The summed E-state index contributed by atoms with van der Waals surface area (Å²) in [5.41, 5.74) is 11.6. The van der Waals surface area contributed by atoms with Crippen LogP contribution in [0.25, 0.3) is 27.7 Å². The molecule has 37 heavy (non-hydrogen) atoms. The summed E-state index contributed by atoms with van der Waals surface area (Å²) in [4.78, 5) is 27.4. The molecule has 1 aliphatic rings. The first-order valence-electron chi connectivity index (χ1n) is 11.9. The Hall–Kier alpha value is -4.66. The fraction of sp³-hybridized carbons (Fsp3) is 0.214. The van der Waals surface area contributed by atoms with E-state index in [-0.39, 0.29) is 5.91 Å². The number of benzene rings is 1. The van der Waals surface area contributed by atoms with Gasteiger partial charge in [0.2, 0.25) is 11.8 Å². The van der Waals surface area contributed by atoms with Crippen LogP contribution in [0.15, 0.2) is 61.5 Å². The quantitative estimate of drug-likeness (QED) is 0.391. The Morgan fingerprint density at radius 3 is 2.78 bits per heavy atom. The van der Waals surface area contributed by atoms with E-state index >= 15 is 0 Å². The molecule has 2 N–H and O–H groups in total. The second-order valence-electron chi connectivity index (χ2n) is 8.81. The average molecular weight is 497 g/mol. The van der Waals surface area contributed by atoms with Crippen molar-refractivity contribution in [3.8, 4) is 28.5 Å². The number of nitrogens with zero attached hydrogens (tertiary/aromatic N) is 5. The van der Waals surface area contributed by atoms with Crippen molar-refractivity contribution in [3.63, 3.8) is 0 Å². The molecular weight excluding hydrogens is 468 g/mol. The Bertz CT molecular complexity index is 1560. The third-order valence-electron chi connectivity index (χ3n) is 6.47. The van der Waals surface area contributed by atoms with Crippen molar-refractivity contribution in [2.75, 3.05) is 25.9 Å². The molecule has 0 saturated heterocycles. The number of ether oxygens (including phenoxy) is 2. The van der Waals surface area contributed by atoms with E-state index in [4.69, 9.17) is 15.2 Å². The fourth-order valence-corrected chi connectivity index (χ4v) is 4.76. The van der Waals surface area contributed by atoms with Crippen LogP contribution in [0.2, 0.25) is 0 Å². The summed E-state index contributed by atoms with van der Waals surface area (Å²) >= 11 is 0. The number of nitrogens with two attached hydrogens (primary N) is 1. The zero-order valence-corrected chi connectivity index (χ0v) is 21.1. The Labute approximate surface area is 214 Å². The van der Waals surface area contributed by atoms with Crippen LogP contribution in [0.4, 0.5) is 5.82 Å². The molecule has 0 atom stereocenters. The number of carbonyl (C=O) groups excluding carboxylic acids is 1. The topological polar surface area (TPSA) is 108 Å². The number of nitrogen functional groups attached to an aromatic ring is 1. The zero-order chi connectivity index (χ0) is 26.1. The molecule has 9 nitrogen and oxygen atoms in total. The first kappa shape index (κ1) is 24.1. The number of pyridine rings is 1. The molecule has 0 aliphatic carbocycles. The Morgan fingerprint density at radius 2 is 2.03 bits per heavy atom. The van der Waals surface area contributed by atoms with Crippen LogP contribution in [-0.4, -0.2) is 50.5 Å². The SMILES string of the molecule is C=CC(=O)N1CCC=C(c2c(-c3ccc(Oc4cccc(C)n4)c(OC)c3)c3c(N)ncnc3n2C)C1. The standard InChI is InChI=1S/C28H28N6O3/c1-5-23(35)34-13-7-9-19(15-34)26-24(25-27(29)30-16-31-28(25)33(26)3)18-11-12-20(21(14-18)36-4)37-22-10-6-8-17(2)32-22/h5-6,8-12,14,16H,1,7,13,15H2,2-4H3,(H2,29,30,31). The molecule has 1 aromatic carbocycles. The number of carbonyl (C=O) groups is 1. The van der Waals surface area contributed by atoms with Crippen molar-refractivity contribution >= 4 is 28.3 Å². The third-order valence-corrected chi connectivity index (χ3v) is 6.47. The van der Waals surface area contributed by atoms with Crippen molar-refractivity contribution in [2.24, 2.45) is 7.05 Å². The van der Waals surface area contributed by atoms with Crippen LogP contribution in [0.5, 0.6) is 17.4 Å². The first-order valence-corrected chi connectivity index (χ1v) is 11.9. The number of amides is 1. The van der Waals surface area contributed by atoms with Gasteiger partial charge in [-0.1, -0.05) is 24.8 Å². The lowest BCUT2D eigenvalue weighted by molar-refractivity contribution is -0.125. The molecule has 4 heterocycles. The molecule has 0 radical (unpaired) electrons. The number of rotatable bonds is 6. The molecule has 5 rings (SSSR count). The van der Waals surface area contributed by atoms with E-state index in [0.717, 1.165) is 39.9 Å². The van der Waals surface area contributed by atoms with Gasteiger partial charge in [0.25, 0.3) is 0 Å². The van der Waals surface area contributed by atoms with Crippen molar-refractivity contribution in [1.82, 2.24) is 24.4 Å². The van der Waals surface area contributed by atoms with Crippen LogP contribution in [0.1, 0.15) is 17.8 Å². The van der Waals surface area contributed by atoms with E-state index in [2.05, 4.69) is 27.6 Å². The van der Waals surface area contributed by atoms with Crippen LogP contribution in [0, 0.1) is 6.92 Å². The molecule has 0 spiro atoms. The molecule has 188 valence electrons. The number of aryl methyl sites for hydroxylation is 2. The van der Waals surface area contributed by atoms with Gasteiger partial charge < -0.3 is 24.7 Å². The van der Waals surface area contributed by atoms with E-state index < -0.39 is 0 Å². The lowest BCUT2D eigenvalue weighted by atomic mass is 9.96. The summed E-state index contributed by atoms with van der Waals surface area (Å²) in [6.07, 6.45) is 5.70. The van der Waals surface area contributed by atoms with E-state index in [1.807, 2.05) is 48.9 Å². The highest BCUT2D eigenvalue weighted by molar-refractivity contribution is 6.06. The highest BCUT2D eigenvalue weighted by Crippen LogP contribution is 2.43. The van der Waals surface area contributed by atoms with Gasteiger partial charge in [0, 0.05) is 37.5 Å². The molecule has 0 fully saturated rings. The molecule has 9 heteroatoms. The monoisotopic (exact) mass is 496 g/mol. The number of aromatic nitrogens is 4. The van der Waals surface area contributed by atoms with Crippen LogP contribution >= 0.6 is 0 Å². The van der Waals surface area contributed by atoms with E-state index in [1.165, 1.54) is 12.4 Å². The minimum atomic E-state index is -0.0989. The summed E-state index contributed by atoms with van der Waals surface area (Å²) in [5.74, 6) is 1.84. The maximum absolute atomic E-state index is 12.4. The van der Waals surface area contributed by atoms with Crippen LogP contribution in [0.3, 0.4) is 0 Å². The average Bonchev–Trinajstić information content (AvgIpc) is 3.22. The van der Waals surface area contributed by atoms with Crippen molar-refractivity contribution < 1.29 is 14.3 Å². The number of methoxy groups -OCH3 is 1. The highest BCUT2D eigenvalue weighted by atomic mass is 16.5. The first-order chi connectivity index (χ1) is 17.9. The fourth-order valence-electron chi connectivity index (χ4n) is 4.76. The van der Waals surface area contributed by atoms with Crippen molar-refractivity contribution in [3.05, 3.63) is 72.8 Å². The maximum Gasteiger partial charge on any atom is 0.246 e. The number of anilines is 1. The Morgan fingerprint density at radius 1 is 1.19 bits per heavy atom. The zero-order valence-electron chi connectivity index (χ0n) is 21.1. The van der Waals surface area contributed by atoms with Gasteiger partial charge in [0.05, 0.1) is 18.2 Å². The third kappa shape index (κ3) is 4.40. The smallest absolute Gasteiger partial charge is 0.246 e. The maximum atomic E-state index is 12.4. The Kier molecular flexibility index (Phi) is 6.35. The number of fused-ring (bicyclic) bond motifs is 1. The minimum Gasteiger partial charge on any atom is -0.493 e. The van der Waals surface area contributed by atoms with Crippen LogP contribution < -0.4 is 15.2 Å². The van der Waals surface area contributed by atoms with Crippen LogP contribution in [-0.2, 0) is 11.8 Å². The molecule has 4 aromatic rings. The molecule has 0 bridgehead atoms. The largest absolute Gasteiger partial charge is 0.493 e. The highest BCUT2D eigenvalue weighted by Gasteiger charge is 2.27. The summed E-state index contributed by atoms with van der Waals surface area (Å²) in [6.45, 7) is 6.64. The predicted octanol–water partition coefficient (Wildman–Crippen LogP) is 4.52. The minimum absolute atomic E-state index is 0.0989. The summed E-state index contributed by atoms with van der Waals surface area (Å²) in [5, 5.41) is 0.740. The van der Waals surface area contributed by atoms with E-state index in [0.29, 0.717) is 41.9 Å². The predicted molar refractivity (Wildman–Crippen MR) is 143 cm³/mol.